The Morgan fingerprint density at radius 3 is 2.27 bits per heavy atom. The van der Waals surface area contributed by atoms with Crippen molar-refractivity contribution < 1.29 is 17.9 Å². The van der Waals surface area contributed by atoms with E-state index in [0.29, 0.717) is 45.0 Å². The van der Waals surface area contributed by atoms with Crippen LogP contribution >= 0.6 is 0 Å². The predicted molar refractivity (Wildman–Crippen MR) is 117 cm³/mol. The normalized spacial score (nSPS) is 15.4. The summed E-state index contributed by atoms with van der Waals surface area (Å²) >= 11 is 0. The van der Waals surface area contributed by atoms with Crippen LogP contribution in [0, 0.1) is 6.92 Å². The molecule has 1 fully saturated rings. The highest BCUT2D eigenvalue weighted by molar-refractivity contribution is 7.89. The van der Waals surface area contributed by atoms with Crippen molar-refractivity contribution in [1.29, 1.82) is 0 Å². The number of aryl methyl sites for hydroxylation is 1. The van der Waals surface area contributed by atoms with Crippen LogP contribution in [0.4, 0.5) is 5.82 Å². The Morgan fingerprint density at radius 1 is 1.03 bits per heavy atom. The molecule has 3 rings (SSSR count). The molecule has 0 unspecified atom stereocenters. The molecule has 0 spiro atoms. The van der Waals surface area contributed by atoms with E-state index >= 15 is 0 Å². The van der Waals surface area contributed by atoms with Gasteiger partial charge in [-0.3, -0.25) is 0 Å². The van der Waals surface area contributed by atoms with Crippen molar-refractivity contribution in [3.8, 4) is 5.75 Å². The summed E-state index contributed by atoms with van der Waals surface area (Å²) in [5.74, 6) is 2.47. The Balaban J connectivity index is 1.91. The van der Waals surface area contributed by atoms with Gasteiger partial charge in [-0.1, -0.05) is 12.1 Å². The van der Waals surface area contributed by atoms with Gasteiger partial charge in [-0.2, -0.15) is 4.31 Å². The molecule has 30 heavy (non-hydrogen) atoms. The first kappa shape index (κ1) is 22.5. The number of hydrogen-bond donors (Lipinski definition) is 0. The monoisotopic (exact) mass is 434 g/mol. The lowest BCUT2D eigenvalue weighted by Gasteiger charge is -2.35. The highest BCUT2D eigenvalue weighted by atomic mass is 32.2. The van der Waals surface area contributed by atoms with Gasteiger partial charge >= 0.3 is 0 Å². The Labute approximate surface area is 178 Å². The van der Waals surface area contributed by atoms with Crippen molar-refractivity contribution in [2.75, 3.05) is 51.1 Å². The average Bonchev–Trinajstić information content (AvgIpc) is 2.76. The Hall–Kier alpha value is -2.23. The molecule has 8 nitrogen and oxygen atoms in total. The molecule has 1 aromatic carbocycles. The molecule has 0 atom stereocenters. The van der Waals surface area contributed by atoms with Crippen LogP contribution < -0.4 is 9.64 Å². The highest BCUT2D eigenvalue weighted by Crippen LogP contribution is 2.27. The van der Waals surface area contributed by atoms with Gasteiger partial charge in [-0.15, -0.1) is 0 Å². The maximum atomic E-state index is 12.2. The first-order chi connectivity index (χ1) is 14.4. The van der Waals surface area contributed by atoms with Gasteiger partial charge in [0, 0.05) is 45.3 Å². The fourth-order valence-corrected chi connectivity index (χ4v) is 4.73. The molecule has 9 heteroatoms. The third-order valence-electron chi connectivity index (χ3n) is 5.30. The molecule has 164 valence electrons. The molecule has 0 radical (unpaired) electrons. The quantitative estimate of drug-likeness (QED) is 0.628. The summed E-state index contributed by atoms with van der Waals surface area (Å²) in [4.78, 5) is 11.5. The molecule has 0 saturated carbocycles. The smallest absolute Gasteiger partial charge is 0.213 e. The van der Waals surface area contributed by atoms with Crippen LogP contribution in [-0.2, 0) is 27.8 Å². The molecule has 0 bridgehead atoms. The zero-order valence-corrected chi connectivity index (χ0v) is 18.9. The van der Waals surface area contributed by atoms with Crippen molar-refractivity contribution in [1.82, 2.24) is 14.3 Å². The van der Waals surface area contributed by atoms with E-state index < -0.39 is 10.0 Å². The van der Waals surface area contributed by atoms with Crippen LogP contribution in [0.25, 0.3) is 0 Å². The number of ether oxygens (including phenoxy) is 2. The summed E-state index contributed by atoms with van der Waals surface area (Å²) in [6, 6.07) is 7.94. The fraction of sp³-hybridized carbons (Fsp3) is 0.524. The minimum Gasteiger partial charge on any atom is -0.497 e. The number of methoxy groups -OCH3 is 2. The van der Waals surface area contributed by atoms with Gasteiger partial charge in [0.25, 0.3) is 0 Å². The molecule has 1 aliphatic rings. The third kappa shape index (κ3) is 5.08. The van der Waals surface area contributed by atoms with Crippen LogP contribution in [0.3, 0.4) is 0 Å². The number of rotatable bonds is 8. The highest BCUT2D eigenvalue weighted by Gasteiger charge is 2.28. The lowest BCUT2D eigenvalue weighted by molar-refractivity contribution is 0.180. The van der Waals surface area contributed by atoms with Crippen molar-refractivity contribution >= 4 is 15.8 Å². The number of hydrogen-bond acceptors (Lipinski definition) is 7. The number of anilines is 1. The molecule has 1 aromatic heterocycles. The second-order valence-electron chi connectivity index (χ2n) is 7.26. The van der Waals surface area contributed by atoms with Crippen LogP contribution in [0.15, 0.2) is 24.3 Å². The lowest BCUT2D eigenvalue weighted by Crippen LogP contribution is -2.49. The maximum absolute atomic E-state index is 12.2. The third-order valence-corrected chi connectivity index (χ3v) is 7.18. The van der Waals surface area contributed by atoms with Gasteiger partial charge in [-0.05, 0) is 31.5 Å². The number of aromatic nitrogens is 2. The summed E-state index contributed by atoms with van der Waals surface area (Å²) in [5, 5.41) is 0. The zero-order chi connectivity index (χ0) is 21.7. The molecule has 0 aliphatic carbocycles. The van der Waals surface area contributed by atoms with E-state index in [1.54, 1.807) is 25.4 Å². The van der Waals surface area contributed by atoms with Gasteiger partial charge in [0.05, 0.1) is 25.2 Å². The molecule has 1 saturated heterocycles. The fourth-order valence-electron chi connectivity index (χ4n) is 3.64. The Kier molecular flexibility index (Phi) is 7.27. The lowest BCUT2D eigenvalue weighted by atomic mass is 10.0. The molecule has 0 amide bonds. The van der Waals surface area contributed by atoms with Crippen molar-refractivity contribution in [2.24, 2.45) is 0 Å². The molecular weight excluding hydrogens is 404 g/mol. The van der Waals surface area contributed by atoms with Gasteiger partial charge in [0.1, 0.15) is 17.4 Å². The van der Waals surface area contributed by atoms with Gasteiger partial charge < -0.3 is 14.4 Å². The molecule has 1 aliphatic heterocycles. The molecule has 2 aromatic rings. The number of nitrogens with zero attached hydrogens (tertiary/aromatic N) is 4. The minimum absolute atomic E-state index is 0.125. The van der Waals surface area contributed by atoms with E-state index in [1.807, 2.05) is 31.2 Å². The summed E-state index contributed by atoms with van der Waals surface area (Å²) in [7, 11) is 0.129. The summed E-state index contributed by atoms with van der Waals surface area (Å²) in [5.41, 5.74) is 2.99. The molecule has 0 N–H and O–H groups in total. The number of sulfonamides is 1. The summed E-state index contributed by atoms with van der Waals surface area (Å²) < 4.78 is 36.6. The van der Waals surface area contributed by atoms with Gasteiger partial charge in [0.2, 0.25) is 10.0 Å². The second kappa shape index (κ2) is 9.72. The standard InChI is InChI=1S/C21H30N4O4S/c1-5-30(26,27)25-12-10-24(11-13-25)21-19(20(15-28-3)22-16(2)23-21)14-17-6-8-18(29-4)9-7-17/h6-9H,5,10-15H2,1-4H3. The Morgan fingerprint density at radius 2 is 1.70 bits per heavy atom. The van der Waals surface area contributed by atoms with Gasteiger partial charge in [0.15, 0.2) is 0 Å². The summed E-state index contributed by atoms with van der Waals surface area (Å²) in [6.07, 6.45) is 0.659. The maximum Gasteiger partial charge on any atom is 0.213 e. The number of benzene rings is 1. The van der Waals surface area contributed by atoms with E-state index in [-0.39, 0.29) is 5.75 Å². The molecule has 2 heterocycles. The van der Waals surface area contributed by atoms with E-state index in [2.05, 4.69) is 9.88 Å². The topological polar surface area (TPSA) is 84.9 Å². The number of piperazine rings is 1. The van der Waals surface area contributed by atoms with E-state index in [4.69, 9.17) is 14.5 Å². The predicted octanol–water partition coefficient (Wildman–Crippen LogP) is 2.00. The van der Waals surface area contributed by atoms with Crippen molar-refractivity contribution in [3.05, 3.63) is 46.9 Å². The summed E-state index contributed by atoms with van der Waals surface area (Å²) in [6.45, 7) is 6.06. The largest absolute Gasteiger partial charge is 0.497 e. The zero-order valence-electron chi connectivity index (χ0n) is 18.1. The van der Waals surface area contributed by atoms with Crippen LogP contribution in [-0.4, -0.2) is 68.8 Å². The molecular formula is C21H30N4O4S. The van der Waals surface area contributed by atoms with Crippen LogP contribution in [0.1, 0.15) is 29.6 Å². The minimum atomic E-state index is -3.18. The van der Waals surface area contributed by atoms with Crippen LogP contribution in [0.2, 0.25) is 0 Å². The van der Waals surface area contributed by atoms with Crippen molar-refractivity contribution in [3.63, 3.8) is 0 Å². The van der Waals surface area contributed by atoms with Crippen LogP contribution in [0.5, 0.6) is 5.75 Å². The average molecular weight is 435 g/mol. The van der Waals surface area contributed by atoms with Crippen molar-refractivity contribution in [2.45, 2.75) is 26.9 Å². The Bertz CT molecular complexity index is 956. The van der Waals surface area contributed by atoms with E-state index in [9.17, 15) is 8.42 Å². The SMILES string of the molecule is CCS(=O)(=O)N1CCN(c2nc(C)nc(COC)c2Cc2ccc(OC)cc2)CC1. The first-order valence-corrected chi connectivity index (χ1v) is 11.7. The second-order valence-corrected chi connectivity index (χ2v) is 9.52. The van der Waals surface area contributed by atoms with E-state index in [1.165, 1.54) is 0 Å². The first-order valence-electron chi connectivity index (χ1n) is 10.1. The van der Waals surface area contributed by atoms with E-state index in [0.717, 1.165) is 28.4 Å². The van der Waals surface area contributed by atoms with Gasteiger partial charge in [-0.25, -0.2) is 18.4 Å².